The molecule has 0 spiro atoms. The molecule has 3 nitrogen and oxygen atoms in total. The van der Waals surface area contributed by atoms with E-state index >= 15 is 0 Å². The van der Waals surface area contributed by atoms with Crippen LogP contribution in [0.25, 0.3) is 0 Å². The molecule has 1 aliphatic heterocycles. The molecule has 2 heterocycles. The van der Waals surface area contributed by atoms with Crippen LogP contribution in [-0.4, -0.2) is 48.1 Å². The normalized spacial score (nSPS) is 20.2. The van der Waals surface area contributed by atoms with Gasteiger partial charge in [-0.3, -0.25) is 9.80 Å². The fraction of sp³-hybridized carbons (Fsp3) is 0.750. The molecule has 1 saturated heterocycles. The number of hydrogen-bond donors (Lipinski definition) is 1. The average Bonchev–Trinajstić information content (AvgIpc) is 2.88. The maximum Gasteiger partial charge on any atom is 0.0565 e. The minimum Gasteiger partial charge on any atom is -0.329 e. The average molecular weight is 295 g/mol. The van der Waals surface area contributed by atoms with Crippen molar-refractivity contribution in [2.45, 2.75) is 45.7 Å². The first-order chi connectivity index (χ1) is 9.45. The van der Waals surface area contributed by atoms with E-state index in [1.165, 1.54) is 9.75 Å². The van der Waals surface area contributed by atoms with Crippen LogP contribution in [0.2, 0.25) is 0 Å². The van der Waals surface area contributed by atoms with Crippen molar-refractivity contribution in [1.29, 1.82) is 0 Å². The topological polar surface area (TPSA) is 32.5 Å². The fourth-order valence-electron chi connectivity index (χ4n) is 2.91. The number of aryl methyl sites for hydroxylation is 1. The fourth-order valence-corrected chi connectivity index (χ4v) is 4.01. The van der Waals surface area contributed by atoms with E-state index in [0.29, 0.717) is 6.04 Å². The van der Waals surface area contributed by atoms with Crippen LogP contribution >= 0.6 is 11.3 Å². The number of nitrogens with two attached hydrogens (primary N) is 1. The Morgan fingerprint density at radius 2 is 1.85 bits per heavy atom. The first-order valence-corrected chi connectivity index (χ1v) is 8.55. The Morgan fingerprint density at radius 3 is 2.30 bits per heavy atom. The van der Waals surface area contributed by atoms with Crippen molar-refractivity contribution in [3.8, 4) is 0 Å². The summed E-state index contributed by atoms with van der Waals surface area (Å²) < 4.78 is 0. The largest absolute Gasteiger partial charge is 0.329 e. The van der Waals surface area contributed by atoms with Gasteiger partial charge in [0.2, 0.25) is 0 Å². The molecule has 4 heteroatoms. The Labute approximate surface area is 127 Å². The van der Waals surface area contributed by atoms with E-state index in [-0.39, 0.29) is 5.54 Å². The molecule has 0 bridgehead atoms. The molecule has 2 rings (SSSR count). The molecule has 1 aromatic heterocycles. The molecule has 20 heavy (non-hydrogen) atoms. The van der Waals surface area contributed by atoms with E-state index < -0.39 is 0 Å². The standard InChI is InChI=1S/C16H29N3S/c1-5-13-6-7-15(20-13)14(12-17)18-8-10-19(11-9-18)16(2,3)4/h6-7,14H,5,8-12,17H2,1-4H3. The van der Waals surface area contributed by atoms with E-state index in [1.807, 2.05) is 11.3 Å². The predicted octanol–water partition coefficient (Wildman–Crippen LogP) is 2.73. The third kappa shape index (κ3) is 3.61. The first kappa shape index (κ1) is 16.0. The summed E-state index contributed by atoms with van der Waals surface area (Å²) in [5.74, 6) is 0. The highest BCUT2D eigenvalue weighted by Gasteiger charge is 2.29. The lowest BCUT2D eigenvalue weighted by Crippen LogP contribution is -2.54. The minimum atomic E-state index is 0.280. The van der Waals surface area contributed by atoms with E-state index in [2.05, 4.69) is 49.6 Å². The zero-order valence-corrected chi connectivity index (χ0v) is 14.2. The molecule has 1 fully saturated rings. The quantitative estimate of drug-likeness (QED) is 0.927. The smallest absolute Gasteiger partial charge is 0.0565 e. The van der Waals surface area contributed by atoms with Gasteiger partial charge in [-0.15, -0.1) is 11.3 Å². The Hall–Kier alpha value is -0.420. The number of hydrogen-bond acceptors (Lipinski definition) is 4. The highest BCUT2D eigenvalue weighted by molar-refractivity contribution is 7.12. The van der Waals surface area contributed by atoms with E-state index in [4.69, 9.17) is 5.73 Å². The second-order valence-corrected chi connectivity index (χ2v) is 7.80. The van der Waals surface area contributed by atoms with Crippen LogP contribution in [0, 0.1) is 0 Å². The van der Waals surface area contributed by atoms with Crippen molar-refractivity contribution in [2.75, 3.05) is 32.7 Å². The summed E-state index contributed by atoms with van der Waals surface area (Å²) in [6.45, 7) is 14.4. The van der Waals surface area contributed by atoms with E-state index in [0.717, 1.165) is 39.1 Å². The number of rotatable bonds is 4. The molecular formula is C16H29N3S. The molecule has 0 aromatic carbocycles. The molecule has 1 unspecified atom stereocenters. The molecule has 0 saturated carbocycles. The Bertz CT molecular complexity index is 414. The second kappa shape index (κ2) is 6.56. The van der Waals surface area contributed by atoms with Crippen LogP contribution in [0.3, 0.4) is 0 Å². The zero-order valence-electron chi connectivity index (χ0n) is 13.4. The molecule has 2 N–H and O–H groups in total. The van der Waals surface area contributed by atoms with Gasteiger partial charge < -0.3 is 5.73 Å². The van der Waals surface area contributed by atoms with Crippen molar-refractivity contribution in [3.63, 3.8) is 0 Å². The van der Waals surface area contributed by atoms with E-state index in [9.17, 15) is 0 Å². The van der Waals surface area contributed by atoms with Gasteiger partial charge >= 0.3 is 0 Å². The highest BCUT2D eigenvalue weighted by atomic mass is 32.1. The summed E-state index contributed by atoms with van der Waals surface area (Å²) in [6.07, 6.45) is 1.12. The molecule has 0 radical (unpaired) electrons. The van der Waals surface area contributed by atoms with Crippen LogP contribution in [0.1, 0.15) is 43.5 Å². The summed E-state index contributed by atoms with van der Waals surface area (Å²) in [5, 5.41) is 0. The lowest BCUT2D eigenvalue weighted by Gasteiger charge is -2.44. The van der Waals surface area contributed by atoms with Gasteiger partial charge in [0.1, 0.15) is 0 Å². The predicted molar refractivity (Wildman–Crippen MR) is 88.4 cm³/mol. The van der Waals surface area contributed by atoms with Gasteiger partial charge in [-0.2, -0.15) is 0 Å². The Morgan fingerprint density at radius 1 is 1.20 bits per heavy atom. The number of piperazine rings is 1. The summed E-state index contributed by atoms with van der Waals surface area (Å²) in [6, 6.07) is 4.94. The summed E-state index contributed by atoms with van der Waals surface area (Å²) in [7, 11) is 0. The van der Waals surface area contributed by atoms with E-state index in [1.54, 1.807) is 0 Å². The number of thiophene rings is 1. The van der Waals surface area contributed by atoms with Crippen molar-refractivity contribution < 1.29 is 0 Å². The van der Waals surface area contributed by atoms with Crippen molar-refractivity contribution in [3.05, 3.63) is 21.9 Å². The molecule has 114 valence electrons. The zero-order chi connectivity index (χ0) is 14.8. The SMILES string of the molecule is CCc1ccc(C(CN)N2CCN(C(C)(C)C)CC2)s1. The van der Waals surface area contributed by atoms with Gasteiger partial charge in [-0.1, -0.05) is 6.92 Å². The van der Waals surface area contributed by atoms with Crippen LogP contribution in [0.4, 0.5) is 0 Å². The molecule has 1 aliphatic rings. The summed E-state index contributed by atoms with van der Waals surface area (Å²) >= 11 is 1.93. The van der Waals surface area contributed by atoms with Crippen LogP contribution in [-0.2, 0) is 6.42 Å². The van der Waals surface area contributed by atoms with Gasteiger partial charge in [0.15, 0.2) is 0 Å². The van der Waals surface area contributed by atoms with Crippen molar-refractivity contribution in [1.82, 2.24) is 9.80 Å². The number of nitrogens with zero attached hydrogens (tertiary/aromatic N) is 2. The van der Waals surface area contributed by atoms with Gasteiger partial charge in [0.25, 0.3) is 0 Å². The molecular weight excluding hydrogens is 266 g/mol. The summed E-state index contributed by atoms with van der Waals surface area (Å²) in [4.78, 5) is 8.04. The second-order valence-electron chi connectivity index (χ2n) is 6.60. The minimum absolute atomic E-state index is 0.280. The van der Waals surface area contributed by atoms with Crippen LogP contribution < -0.4 is 5.73 Å². The third-order valence-corrected chi connectivity index (χ3v) is 5.62. The van der Waals surface area contributed by atoms with Gasteiger partial charge in [-0.25, -0.2) is 0 Å². The Kier molecular flexibility index (Phi) is 5.24. The lowest BCUT2D eigenvalue weighted by molar-refractivity contribution is 0.0440. The van der Waals surface area contributed by atoms with Crippen LogP contribution in [0.5, 0.6) is 0 Å². The molecule has 0 aliphatic carbocycles. The molecule has 0 amide bonds. The highest BCUT2D eigenvalue weighted by Crippen LogP contribution is 2.29. The monoisotopic (exact) mass is 295 g/mol. The lowest BCUT2D eigenvalue weighted by atomic mass is 10.0. The van der Waals surface area contributed by atoms with Crippen LogP contribution in [0.15, 0.2) is 12.1 Å². The van der Waals surface area contributed by atoms with Crippen molar-refractivity contribution >= 4 is 11.3 Å². The third-order valence-electron chi connectivity index (χ3n) is 4.29. The molecule has 1 atom stereocenters. The maximum atomic E-state index is 6.06. The van der Waals surface area contributed by atoms with Gasteiger partial charge in [0, 0.05) is 48.0 Å². The first-order valence-electron chi connectivity index (χ1n) is 7.73. The Balaban J connectivity index is 2.00. The molecule has 1 aromatic rings. The van der Waals surface area contributed by atoms with Crippen molar-refractivity contribution in [2.24, 2.45) is 5.73 Å². The maximum absolute atomic E-state index is 6.06. The van der Waals surface area contributed by atoms with Gasteiger partial charge in [-0.05, 0) is 39.3 Å². The summed E-state index contributed by atoms with van der Waals surface area (Å²) in [5.41, 5.74) is 6.34. The van der Waals surface area contributed by atoms with Gasteiger partial charge in [0.05, 0.1) is 6.04 Å².